The molecule has 4 aromatic rings. The number of fused-ring (bicyclic) bond motifs is 2. The van der Waals surface area contributed by atoms with E-state index in [1.807, 2.05) is 54.6 Å². The number of hydrogen-bond donors (Lipinski definition) is 1. The van der Waals surface area contributed by atoms with Gasteiger partial charge in [-0.05, 0) is 36.4 Å². The molecule has 0 saturated carbocycles. The Labute approximate surface area is 114 Å². The van der Waals surface area contributed by atoms with Crippen molar-refractivity contribution in [1.29, 1.82) is 0 Å². The van der Waals surface area contributed by atoms with Crippen LogP contribution in [0.1, 0.15) is 0 Å². The first-order valence-corrected chi connectivity index (χ1v) is 6.38. The zero-order chi connectivity index (χ0) is 13.5. The third kappa shape index (κ3) is 1.55. The molecule has 4 rings (SSSR count). The van der Waals surface area contributed by atoms with Crippen molar-refractivity contribution in [3.63, 3.8) is 0 Å². The third-order valence-electron chi connectivity index (χ3n) is 3.43. The maximum atomic E-state index is 12.2. The number of rotatable bonds is 1. The molecule has 20 heavy (non-hydrogen) atoms. The number of imidazole rings is 1. The normalized spacial score (nSPS) is 11.2. The molecule has 0 amide bonds. The first-order valence-electron chi connectivity index (χ1n) is 6.38. The SMILES string of the molecule is O=c1[nH]c2ccccc2n1-c1ccc2ncccc2c1. The Morgan fingerprint density at radius 1 is 1.00 bits per heavy atom. The molecule has 0 aliphatic heterocycles. The topological polar surface area (TPSA) is 50.7 Å². The molecule has 0 unspecified atom stereocenters. The molecule has 0 aliphatic rings. The predicted molar refractivity (Wildman–Crippen MR) is 79.2 cm³/mol. The lowest BCUT2D eigenvalue weighted by atomic mass is 10.2. The average molecular weight is 261 g/mol. The zero-order valence-electron chi connectivity index (χ0n) is 10.6. The average Bonchev–Trinajstić information content (AvgIpc) is 2.82. The van der Waals surface area contributed by atoms with Crippen molar-refractivity contribution in [2.75, 3.05) is 0 Å². The Balaban J connectivity index is 2.06. The van der Waals surface area contributed by atoms with Crippen molar-refractivity contribution < 1.29 is 0 Å². The van der Waals surface area contributed by atoms with Crippen LogP contribution in [0.25, 0.3) is 27.6 Å². The maximum Gasteiger partial charge on any atom is 0.331 e. The van der Waals surface area contributed by atoms with Crippen LogP contribution in [-0.2, 0) is 0 Å². The fourth-order valence-corrected chi connectivity index (χ4v) is 2.51. The van der Waals surface area contributed by atoms with Crippen molar-refractivity contribution in [2.24, 2.45) is 0 Å². The summed E-state index contributed by atoms with van der Waals surface area (Å²) in [5.41, 5.74) is 3.34. The van der Waals surface area contributed by atoms with Crippen molar-refractivity contribution in [3.8, 4) is 5.69 Å². The summed E-state index contributed by atoms with van der Waals surface area (Å²) in [4.78, 5) is 19.3. The van der Waals surface area contributed by atoms with Crippen molar-refractivity contribution in [1.82, 2.24) is 14.5 Å². The fourth-order valence-electron chi connectivity index (χ4n) is 2.51. The van der Waals surface area contributed by atoms with E-state index in [-0.39, 0.29) is 5.69 Å². The van der Waals surface area contributed by atoms with Crippen molar-refractivity contribution >= 4 is 21.9 Å². The number of H-pyrrole nitrogens is 1. The molecule has 0 spiro atoms. The number of para-hydroxylation sites is 2. The predicted octanol–water partition coefficient (Wildman–Crippen LogP) is 2.87. The summed E-state index contributed by atoms with van der Waals surface area (Å²) in [6.45, 7) is 0. The standard InChI is InChI=1S/C16H11N3O/c20-16-18-14-5-1-2-6-15(14)19(16)12-7-8-13-11(10-12)4-3-9-17-13/h1-10H,(H,18,20). The zero-order valence-corrected chi connectivity index (χ0v) is 10.6. The highest BCUT2D eigenvalue weighted by molar-refractivity contribution is 5.83. The summed E-state index contributed by atoms with van der Waals surface area (Å²) in [6.07, 6.45) is 1.76. The highest BCUT2D eigenvalue weighted by atomic mass is 16.1. The molecular weight excluding hydrogens is 250 g/mol. The minimum Gasteiger partial charge on any atom is -0.305 e. The lowest BCUT2D eigenvalue weighted by molar-refractivity contribution is 1.02. The van der Waals surface area contributed by atoms with E-state index in [1.54, 1.807) is 10.8 Å². The molecular formula is C16H11N3O. The Morgan fingerprint density at radius 2 is 1.90 bits per heavy atom. The molecule has 4 heteroatoms. The van der Waals surface area contributed by atoms with Gasteiger partial charge in [0, 0.05) is 11.6 Å². The van der Waals surface area contributed by atoms with E-state index in [0.29, 0.717) is 0 Å². The molecule has 0 atom stereocenters. The van der Waals surface area contributed by atoms with Crippen LogP contribution in [0.3, 0.4) is 0 Å². The third-order valence-corrected chi connectivity index (χ3v) is 3.43. The first-order chi connectivity index (χ1) is 9.83. The number of nitrogens with one attached hydrogen (secondary N) is 1. The largest absolute Gasteiger partial charge is 0.331 e. The second kappa shape index (κ2) is 4.06. The lowest BCUT2D eigenvalue weighted by Gasteiger charge is -2.04. The number of hydrogen-bond acceptors (Lipinski definition) is 2. The van der Waals surface area contributed by atoms with Crippen LogP contribution in [0.15, 0.2) is 65.6 Å². The second-order valence-corrected chi connectivity index (χ2v) is 4.66. The van der Waals surface area contributed by atoms with Crippen LogP contribution in [-0.4, -0.2) is 14.5 Å². The number of aromatic nitrogens is 3. The molecule has 0 fully saturated rings. The molecule has 2 aromatic heterocycles. The fraction of sp³-hybridized carbons (Fsp3) is 0. The summed E-state index contributed by atoms with van der Waals surface area (Å²) >= 11 is 0. The Morgan fingerprint density at radius 3 is 2.85 bits per heavy atom. The molecule has 0 radical (unpaired) electrons. The molecule has 96 valence electrons. The first kappa shape index (κ1) is 11.0. The van der Waals surface area contributed by atoms with Crippen molar-refractivity contribution in [2.45, 2.75) is 0 Å². The molecule has 0 saturated heterocycles. The van der Waals surface area contributed by atoms with E-state index in [1.165, 1.54) is 0 Å². The van der Waals surface area contributed by atoms with Gasteiger partial charge in [0.05, 0.1) is 22.2 Å². The van der Waals surface area contributed by atoms with Crippen LogP contribution in [0, 0.1) is 0 Å². The lowest BCUT2D eigenvalue weighted by Crippen LogP contribution is -2.14. The highest BCUT2D eigenvalue weighted by Crippen LogP contribution is 2.19. The molecule has 2 heterocycles. The van der Waals surface area contributed by atoms with Crippen LogP contribution in [0.5, 0.6) is 0 Å². The van der Waals surface area contributed by atoms with Gasteiger partial charge in [0.2, 0.25) is 0 Å². The van der Waals surface area contributed by atoms with Crippen LogP contribution in [0.4, 0.5) is 0 Å². The van der Waals surface area contributed by atoms with Crippen LogP contribution >= 0.6 is 0 Å². The number of nitrogens with zero attached hydrogens (tertiary/aromatic N) is 2. The Kier molecular flexibility index (Phi) is 2.23. The Hall–Kier alpha value is -2.88. The minimum atomic E-state index is -0.130. The van der Waals surface area contributed by atoms with Crippen LogP contribution < -0.4 is 5.69 Å². The highest BCUT2D eigenvalue weighted by Gasteiger charge is 2.08. The van der Waals surface area contributed by atoms with E-state index < -0.39 is 0 Å². The molecule has 0 bridgehead atoms. The van der Waals surface area contributed by atoms with Gasteiger partial charge in [-0.3, -0.25) is 9.55 Å². The quantitative estimate of drug-likeness (QED) is 0.572. The van der Waals surface area contributed by atoms with Crippen molar-refractivity contribution in [3.05, 3.63) is 71.3 Å². The molecule has 0 aliphatic carbocycles. The molecule has 2 aromatic carbocycles. The van der Waals surface area contributed by atoms with Gasteiger partial charge in [0.1, 0.15) is 0 Å². The van der Waals surface area contributed by atoms with Gasteiger partial charge in [-0.1, -0.05) is 18.2 Å². The Bertz CT molecular complexity index is 982. The monoisotopic (exact) mass is 261 g/mol. The van der Waals surface area contributed by atoms with Gasteiger partial charge in [-0.2, -0.15) is 0 Å². The summed E-state index contributed by atoms with van der Waals surface area (Å²) in [6, 6.07) is 17.4. The number of pyridine rings is 1. The van der Waals surface area contributed by atoms with Gasteiger partial charge >= 0.3 is 5.69 Å². The van der Waals surface area contributed by atoms with Gasteiger partial charge < -0.3 is 4.98 Å². The van der Waals surface area contributed by atoms with E-state index in [0.717, 1.165) is 27.6 Å². The van der Waals surface area contributed by atoms with E-state index in [4.69, 9.17) is 0 Å². The molecule has 1 N–H and O–H groups in total. The minimum absolute atomic E-state index is 0.130. The van der Waals surface area contributed by atoms with E-state index >= 15 is 0 Å². The summed E-state index contributed by atoms with van der Waals surface area (Å²) in [7, 11) is 0. The number of benzene rings is 2. The summed E-state index contributed by atoms with van der Waals surface area (Å²) < 4.78 is 1.68. The molecule has 4 nitrogen and oxygen atoms in total. The van der Waals surface area contributed by atoms with E-state index in [2.05, 4.69) is 9.97 Å². The second-order valence-electron chi connectivity index (χ2n) is 4.66. The van der Waals surface area contributed by atoms with Crippen LogP contribution in [0.2, 0.25) is 0 Å². The van der Waals surface area contributed by atoms with Gasteiger partial charge in [0.15, 0.2) is 0 Å². The van der Waals surface area contributed by atoms with Gasteiger partial charge in [-0.25, -0.2) is 4.79 Å². The van der Waals surface area contributed by atoms with Gasteiger partial charge in [0.25, 0.3) is 0 Å². The van der Waals surface area contributed by atoms with E-state index in [9.17, 15) is 4.79 Å². The number of aromatic amines is 1. The summed E-state index contributed by atoms with van der Waals surface area (Å²) in [5.74, 6) is 0. The van der Waals surface area contributed by atoms with Gasteiger partial charge in [-0.15, -0.1) is 0 Å². The summed E-state index contributed by atoms with van der Waals surface area (Å²) in [5, 5.41) is 1.02. The maximum absolute atomic E-state index is 12.2. The smallest absolute Gasteiger partial charge is 0.305 e.